The van der Waals surface area contributed by atoms with Crippen LogP contribution in [-0.2, 0) is 7.05 Å². The van der Waals surface area contributed by atoms with Gasteiger partial charge in [0.15, 0.2) is 0 Å². The van der Waals surface area contributed by atoms with E-state index in [0.717, 1.165) is 5.69 Å². The summed E-state index contributed by atoms with van der Waals surface area (Å²) in [7, 11) is 1.76. The lowest BCUT2D eigenvalue weighted by Gasteiger charge is -2.02. The topological polar surface area (TPSA) is 76.6 Å². The lowest BCUT2D eigenvalue weighted by atomic mass is 10.4. The molecule has 0 fully saturated rings. The molecule has 0 atom stereocenters. The number of aromatic nitrogens is 4. The standard InChI is InChI=1S/C10H9N5O/c1-7-5-9(15(2)14-7)16-10-12-4-3-8(6-11)13-10/h3-5H,1-2H3. The first-order valence-electron chi connectivity index (χ1n) is 4.60. The summed E-state index contributed by atoms with van der Waals surface area (Å²) >= 11 is 0. The second-order valence-electron chi connectivity index (χ2n) is 3.19. The zero-order valence-corrected chi connectivity index (χ0v) is 8.88. The van der Waals surface area contributed by atoms with Crippen LogP contribution in [0.3, 0.4) is 0 Å². The summed E-state index contributed by atoms with van der Waals surface area (Å²) in [4.78, 5) is 7.81. The van der Waals surface area contributed by atoms with E-state index in [1.165, 1.54) is 12.3 Å². The fraction of sp³-hybridized carbons (Fsp3) is 0.200. The molecule has 0 radical (unpaired) electrons. The number of nitriles is 1. The maximum Gasteiger partial charge on any atom is 0.324 e. The highest BCUT2D eigenvalue weighted by atomic mass is 16.5. The van der Waals surface area contributed by atoms with Crippen LogP contribution in [0.25, 0.3) is 0 Å². The highest BCUT2D eigenvalue weighted by Crippen LogP contribution is 2.17. The summed E-state index contributed by atoms with van der Waals surface area (Å²) < 4.78 is 6.98. The predicted octanol–water partition coefficient (Wildman–Crippen LogP) is 1.18. The van der Waals surface area contributed by atoms with Gasteiger partial charge in [0, 0.05) is 19.3 Å². The normalized spacial score (nSPS) is 9.81. The number of nitrogens with zero attached hydrogens (tertiary/aromatic N) is 5. The highest BCUT2D eigenvalue weighted by molar-refractivity contribution is 5.22. The number of rotatable bonds is 2. The first kappa shape index (κ1) is 10.1. The fourth-order valence-electron chi connectivity index (χ4n) is 1.23. The minimum Gasteiger partial charge on any atom is -0.405 e. The van der Waals surface area contributed by atoms with Crippen molar-refractivity contribution in [2.75, 3.05) is 0 Å². The van der Waals surface area contributed by atoms with Crippen LogP contribution in [0, 0.1) is 18.3 Å². The molecule has 6 heteroatoms. The molecule has 16 heavy (non-hydrogen) atoms. The SMILES string of the molecule is Cc1cc(Oc2nccc(C#N)n2)n(C)n1. The summed E-state index contributed by atoms with van der Waals surface area (Å²) in [5.74, 6) is 0.535. The van der Waals surface area contributed by atoms with Gasteiger partial charge in [-0.3, -0.25) is 0 Å². The van der Waals surface area contributed by atoms with Crippen molar-refractivity contribution in [3.8, 4) is 18.0 Å². The summed E-state index contributed by atoms with van der Waals surface area (Å²) in [6.45, 7) is 1.86. The van der Waals surface area contributed by atoms with Gasteiger partial charge in [-0.2, -0.15) is 15.3 Å². The first-order chi connectivity index (χ1) is 7.69. The van der Waals surface area contributed by atoms with Gasteiger partial charge in [0.05, 0.1) is 5.69 Å². The van der Waals surface area contributed by atoms with E-state index in [4.69, 9.17) is 10.00 Å². The number of aryl methyl sites for hydroxylation is 2. The van der Waals surface area contributed by atoms with Crippen molar-refractivity contribution in [1.82, 2.24) is 19.7 Å². The molecule has 2 heterocycles. The van der Waals surface area contributed by atoms with Crippen molar-refractivity contribution in [3.63, 3.8) is 0 Å². The molecule has 0 spiro atoms. The van der Waals surface area contributed by atoms with E-state index in [0.29, 0.717) is 5.88 Å². The van der Waals surface area contributed by atoms with Crippen LogP contribution >= 0.6 is 0 Å². The molecule has 2 aromatic rings. The lowest BCUT2D eigenvalue weighted by Crippen LogP contribution is -1.98. The molecule has 0 aliphatic rings. The summed E-state index contributed by atoms with van der Waals surface area (Å²) in [5, 5.41) is 12.8. The molecular weight excluding hydrogens is 206 g/mol. The van der Waals surface area contributed by atoms with Crippen LogP contribution in [-0.4, -0.2) is 19.7 Å². The maximum atomic E-state index is 8.67. The van der Waals surface area contributed by atoms with Gasteiger partial charge in [0.1, 0.15) is 11.8 Å². The quantitative estimate of drug-likeness (QED) is 0.751. The van der Waals surface area contributed by atoms with E-state index in [-0.39, 0.29) is 11.7 Å². The Bertz CT molecular complexity index is 555. The minimum absolute atomic E-state index is 0.141. The van der Waals surface area contributed by atoms with E-state index in [2.05, 4.69) is 15.1 Å². The van der Waals surface area contributed by atoms with Gasteiger partial charge in [-0.1, -0.05) is 0 Å². The molecule has 0 saturated carbocycles. The van der Waals surface area contributed by atoms with Crippen LogP contribution in [0.5, 0.6) is 11.9 Å². The van der Waals surface area contributed by atoms with E-state index in [1.807, 2.05) is 13.0 Å². The third-order valence-corrected chi connectivity index (χ3v) is 1.90. The zero-order chi connectivity index (χ0) is 11.5. The number of ether oxygens (including phenoxy) is 1. The largest absolute Gasteiger partial charge is 0.405 e. The van der Waals surface area contributed by atoms with Gasteiger partial charge in [0.2, 0.25) is 5.88 Å². The fourth-order valence-corrected chi connectivity index (χ4v) is 1.23. The van der Waals surface area contributed by atoms with Gasteiger partial charge in [-0.25, -0.2) is 9.67 Å². The number of hydrogen-bond acceptors (Lipinski definition) is 5. The Hall–Kier alpha value is -2.42. The van der Waals surface area contributed by atoms with Crippen LogP contribution < -0.4 is 4.74 Å². The Morgan fingerprint density at radius 3 is 2.94 bits per heavy atom. The average Bonchev–Trinajstić information content (AvgIpc) is 2.58. The molecule has 0 saturated heterocycles. The molecule has 0 unspecified atom stereocenters. The van der Waals surface area contributed by atoms with Crippen molar-refractivity contribution in [1.29, 1.82) is 5.26 Å². The first-order valence-corrected chi connectivity index (χ1v) is 4.60. The third-order valence-electron chi connectivity index (χ3n) is 1.90. The van der Waals surface area contributed by atoms with Crippen molar-refractivity contribution in [3.05, 3.63) is 29.7 Å². The monoisotopic (exact) mass is 215 g/mol. The van der Waals surface area contributed by atoms with Crippen molar-refractivity contribution in [2.45, 2.75) is 6.92 Å². The van der Waals surface area contributed by atoms with E-state index < -0.39 is 0 Å². The Labute approximate surface area is 92.1 Å². The van der Waals surface area contributed by atoms with Gasteiger partial charge in [0.25, 0.3) is 0 Å². The molecule has 6 nitrogen and oxygen atoms in total. The van der Waals surface area contributed by atoms with Gasteiger partial charge < -0.3 is 4.74 Å². The lowest BCUT2D eigenvalue weighted by molar-refractivity contribution is 0.398. The van der Waals surface area contributed by atoms with Crippen LogP contribution in [0.15, 0.2) is 18.3 Å². The van der Waals surface area contributed by atoms with E-state index >= 15 is 0 Å². The van der Waals surface area contributed by atoms with Crippen LogP contribution in [0.1, 0.15) is 11.4 Å². The van der Waals surface area contributed by atoms with Gasteiger partial charge in [-0.15, -0.1) is 0 Å². The summed E-state index contributed by atoms with van der Waals surface area (Å²) in [6.07, 6.45) is 1.48. The Kier molecular flexibility index (Phi) is 2.52. The van der Waals surface area contributed by atoms with E-state index in [9.17, 15) is 0 Å². The second-order valence-corrected chi connectivity index (χ2v) is 3.19. The molecule has 0 aliphatic carbocycles. The molecular formula is C10H9N5O. The molecule has 0 bridgehead atoms. The molecule has 0 amide bonds. The minimum atomic E-state index is 0.141. The maximum absolute atomic E-state index is 8.67. The third kappa shape index (κ3) is 1.98. The van der Waals surface area contributed by atoms with Crippen molar-refractivity contribution < 1.29 is 4.74 Å². The molecule has 0 aliphatic heterocycles. The zero-order valence-electron chi connectivity index (χ0n) is 8.88. The van der Waals surface area contributed by atoms with Crippen LogP contribution in [0.4, 0.5) is 0 Å². The Balaban J connectivity index is 2.27. The molecule has 0 N–H and O–H groups in total. The second kappa shape index (κ2) is 3.98. The Morgan fingerprint density at radius 1 is 1.50 bits per heavy atom. The Morgan fingerprint density at radius 2 is 2.31 bits per heavy atom. The predicted molar refractivity (Wildman–Crippen MR) is 54.8 cm³/mol. The molecule has 80 valence electrons. The number of hydrogen-bond donors (Lipinski definition) is 0. The van der Waals surface area contributed by atoms with E-state index in [1.54, 1.807) is 17.8 Å². The van der Waals surface area contributed by atoms with Crippen LogP contribution in [0.2, 0.25) is 0 Å². The summed E-state index contributed by atoms with van der Waals surface area (Å²) in [5.41, 5.74) is 1.11. The van der Waals surface area contributed by atoms with Gasteiger partial charge in [-0.05, 0) is 13.0 Å². The average molecular weight is 215 g/mol. The molecule has 2 aromatic heterocycles. The smallest absolute Gasteiger partial charge is 0.324 e. The molecule has 2 rings (SSSR count). The van der Waals surface area contributed by atoms with Crippen molar-refractivity contribution in [2.24, 2.45) is 7.05 Å². The summed E-state index contributed by atoms with van der Waals surface area (Å²) in [6, 6.07) is 5.34. The van der Waals surface area contributed by atoms with Crippen molar-refractivity contribution >= 4 is 0 Å². The highest BCUT2D eigenvalue weighted by Gasteiger charge is 2.06. The molecule has 0 aromatic carbocycles. The van der Waals surface area contributed by atoms with Gasteiger partial charge >= 0.3 is 6.01 Å².